The summed E-state index contributed by atoms with van der Waals surface area (Å²) in [5, 5.41) is 11.8. The van der Waals surface area contributed by atoms with Crippen molar-refractivity contribution in [1.29, 1.82) is 0 Å². The van der Waals surface area contributed by atoms with Gasteiger partial charge in [-0.3, -0.25) is 4.79 Å². The number of carbonyl (C=O) groups excluding carboxylic acids is 1. The van der Waals surface area contributed by atoms with Gasteiger partial charge < -0.3 is 21.9 Å². The number of nitrogens with one attached hydrogen (secondary N) is 1. The van der Waals surface area contributed by atoms with Crippen molar-refractivity contribution in [2.45, 2.75) is 19.9 Å². The minimum absolute atomic E-state index is 0.0469. The molecular formula is C11H16N4O3. The molecule has 0 bridgehead atoms. The van der Waals surface area contributed by atoms with E-state index in [-0.39, 0.29) is 23.0 Å². The third-order valence-electron chi connectivity index (χ3n) is 2.44. The van der Waals surface area contributed by atoms with Crippen molar-refractivity contribution in [3.8, 4) is 0 Å². The minimum Gasteiger partial charge on any atom is -0.478 e. The molecule has 0 aliphatic carbocycles. The topological polar surface area (TPSA) is 131 Å². The van der Waals surface area contributed by atoms with Crippen molar-refractivity contribution < 1.29 is 14.7 Å². The van der Waals surface area contributed by atoms with E-state index in [4.69, 9.17) is 16.6 Å². The average Bonchev–Trinajstić information content (AvgIpc) is 2.25. The lowest BCUT2D eigenvalue weighted by atomic mass is 10.0. The van der Waals surface area contributed by atoms with E-state index in [2.05, 4.69) is 10.3 Å². The number of primary amides is 1. The summed E-state index contributed by atoms with van der Waals surface area (Å²) in [5.74, 6) is -1.70. The Morgan fingerprint density at radius 3 is 2.50 bits per heavy atom. The van der Waals surface area contributed by atoms with Gasteiger partial charge in [0.25, 0.3) is 0 Å². The first kappa shape index (κ1) is 13.8. The monoisotopic (exact) mass is 252 g/mol. The van der Waals surface area contributed by atoms with Gasteiger partial charge in [-0.15, -0.1) is 0 Å². The molecule has 1 amide bonds. The largest absolute Gasteiger partial charge is 0.478 e. The first-order valence-electron chi connectivity index (χ1n) is 5.37. The van der Waals surface area contributed by atoms with E-state index in [0.29, 0.717) is 0 Å². The number of amides is 1. The molecule has 0 aromatic carbocycles. The van der Waals surface area contributed by atoms with Crippen LogP contribution < -0.4 is 16.8 Å². The maximum absolute atomic E-state index is 11.3. The second-order valence-electron chi connectivity index (χ2n) is 4.23. The first-order chi connectivity index (χ1) is 8.32. The van der Waals surface area contributed by atoms with Gasteiger partial charge in [0.1, 0.15) is 11.9 Å². The van der Waals surface area contributed by atoms with Crippen LogP contribution in [0, 0.1) is 5.92 Å². The van der Waals surface area contributed by atoms with Gasteiger partial charge in [0.2, 0.25) is 5.91 Å². The number of anilines is 2. The summed E-state index contributed by atoms with van der Waals surface area (Å²) < 4.78 is 0. The van der Waals surface area contributed by atoms with Gasteiger partial charge in [0.15, 0.2) is 0 Å². The SMILES string of the molecule is CC(C)C(Nc1cnc(N)cc1C(=O)O)C(N)=O. The van der Waals surface area contributed by atoms with E-state index >= 15 is 0 Å². The highest BCUT2D eigenvalue weighted by Gasteiger charge is 2.22. The fourth-order valence-corrected chi connectivity index (χ4v) is 1.50. The van der Waals surface area contributed by atoms with Crippen LogP contribution in [0.3, 0.4) is 0 Å². The van der Waals surface area contributed by atoms with Gasteiger partial charge in [-0.2, -0.15) is 0 Å². The number of pyridine rings is 1. The summed E-state index contributed by atoms with van der Waals surface area (Å²) >= 11 is 0. The molecular weight excluding hydrogens is 236 g/mol. The van der Waals surface area contributed by atoms with Crippen molar-refractivity contribution >= 4 is 23.4 Å². The van der Waals surface area contributed by atoms with E-state index in [0.717, 1.165) is 0 Å². The maximum Gasteiger partial charge on any atom is 0.337 e. The van der Waals surface area contributed by atoms with Gasteiger partial charge in [-0.05, 0) is 12.0 Å². The standard InChI is InChI=1S/C11H16N4O3/c1-5(2)9(10(13)16)15-7-4-14-8(12)3-6(7)11(17)18/h3-5,9,15H,1-2H3,(H2,12,14)(H2,13,16)(H,17,18). The van der Waals surface area contributed by atoms with Gasteiger partial charge in [-0.1, -0.05) is 13.8 Å². The normalized spacial score (nSPS) is 12.2. The smallest absolute Gasteiger partial charge is 0.337 e. The number of nitrogens with two attached hydrogens (primary N) is 2. The van der Waals surface area contributed by atoms with Gasteiger partial charge in [-0.25, -0.2) is 9.78 Å². The van der Waals surface area contributed by atoms with Crippen LogP contribution >= 0.6 is 0 Å². The number of carboxylic acid groups (broad SMARTS) is 1. The number of nitrogens with zero attached hydrogens (tertiary/aromatic N) is 1. The number of nitrogen functional groups attached to an aromatic ring is 1. The number of carboxylic acids is 1. The van der Waals surface area contributed by atoms with Gasteiger partial charge >= 0.3 is 5.97 Å². The summed E-state index contributed by atoms with van der Waals surface area (Å²) in [6.07, 6.45) is 1.27. The molecule has 1 atom stereocenters. The molecule has 1 aromatic rings. The zero-order chi connectivity index (χ0) is 13.9. The van der Waals surface area contributed by atoms with E-state index in [1.54, 1.807) is 13.8 Å². The van der Waals surface area contributed by atoms with Crippen LogP contribution in [0.1, 0.15) is 24.2 Å². The van der Waals surface area contributed by atoms with Crippen molar-refractivity contribution in [2.75, 3.05) is 11.1 Å². The zero-order valence-corrected chi connectivity index (χ0v) is 10.2. The molecule has 0 fully saturated rings. The van der Waals surface area contributed by atoms with Crippen LogP contribution in [0.15, 0.2) is 12.3 Å². The lowest BCUT2D eigenvalue weighted by Crippen LogP contribution is -2.40. The quantitative estimate of drug-likeness (QED) is 0.595. The second kappa shape index (κ2) is 5.35. The number of carbonyl (C=O) groups is 2. The summed E-state index contributed by atoms with van der Waals surface area (Å²) in [5.41, 5.74) is 10.8. The molecule has 18 heavy (non-hydrogen) atoms. The Morgan fingerprint density at radius 2 is 2.06 bits per heavy atom. The average molecular weight is 252 g/mol. The van der Waals surface area contributed by atoms with Crippen LogP contribution in [0.25, 0.3) is 0 Å². The summed E-state index contributed by atoms with van der Waals surface area (Å²) in [7, 11) is 0. The highest BCUT2D eigenvalue weighted by atomic mass is 16.4. The molecule has 0 aliphatic rings. The van der Waals surface area contributed by atoms with E-state index in [1.807, 2.05) is 0 Å². The van der Waals surface area contributed by atoms with Crippen molar-refractivity contribution in [3.63, 3.8) is 0 Å². The van der Waals surface area contributed by atoms with E-state index < -0.39 is 17.9 Å². The predicted octanol–water partition coefficient (Wildman–Crippen LogP) is 0.284. The predicted molar refractivity (Wildman–Crippen MR) is 67.1 cm³/mol. The molecule has 1 aromatic heterocycles. The molecule has 7 nitrogen and oxygen atoms in total. The number of aromatic carboxylic acids is 1. The summed E-state index contributed by atoms with van der Waals surface area (Å²) in [4.78, 5) is 26.1. The van der Waals surface area contributed by atoms with Crippen LogP contribution in [-0.4, -0.2) is 28.0 Å². The molecule has 0 saturated carbocycles. The molecule has 6 N–H and O–H groups in total. The van der Waals surface area contributed by atoms with Gasteiger partial charge in [0, 0.05) is 0 Å². The fraction of sp³-hybridized carbons (Fsp3) is 0.364. The highest BCUT2D eigenvalue weighted by molar-refractivity contribution is 5.96. The Balaban J connectivity index is 3.10. The number of hydrogen-bond acceptors (Lipinski definition) is 5. The maximum atomic E-state index is 11.3. The molecule has 1 rings (SSSR count). The highest BCUT2D eigenvalue weighted by Crippen LogP contribution is 2.19. The van der Waals surface area contributed by atoms with E-state index in [9.17, 15) is 9.59 Å². The Kier molecular flexibility index (Phi) is 4.09. The van der Waals surface area contributed by atoms with Crippen LogP contribution in [0.5, 0.6) is 0 Å². The number of rotatable bonds is 5. The molecule has 0 radical (unpaired) electrons. The van der Waals surface area contributed by atoms with Crippen LogP contribution in [-0.2, 0) is 4.79 Å². The fourth-order valence-electron chi connectivity index (χ4n) is 1.50. The zero-order valence-electron chi connectivity index (χ0n) is 10.2. The molecule has 0 aliphatic heterocycles. The summed E-state index contributed by atoms with van der Waals surface area (Å²) in [6, 6.07) is 0.553. The molecule has 1 unspecified atom stereocenters. The Bertz CT molecular complexity index is 473. The molecule has 1 heterocycles. The minimum atomic E-state index is -1.15. The third kappa shape index (κ3) is 3.09. The second-order valence-corrected chi connectivity index (χ2v) is 4.23. The number of aromatic nitrogens is 1. The third-order valence-corrected chi connectivity index (χ3v) is 2.44. The van der Waals surface area contributed by atoms with Crippen LogP contribution in [0.4, 0.5) is 11.5 Å². The Morgan fingerprint density at radius 1 is 1.44 bits per heavy atom. The molecule has 98 valence electrons. The Labute approximate surface area is 104 Å². The summed E-state index contributed by atoms with van der Waals surface area (Å²) in [6.45, 7) is 3.60. The van der Waals surface area contributed by atoms with E-state index in [1.165, 1.54) is 12.3 Å². The molecule has 0 spiro atoms. The molecule has 0 saturated heterocycles. The number of hydrogen-bond donors (Lipinski definition) is 4. The first-order valence-corrected chi connectivity index (χ1v) is 5.37. The van der Waals surface area contributed by atoms with Crippen molar-refractivity contribution in [2.24, 2.45) is 11.7 Å². The Hall–Kier alpha value is -2.31. The lowest BCUT2D eigenvalue weighted by Gasteiger charge is -2.21. The molecule has 7 heteroatoms. The van der Waals surface area contributed by atoms with Crippen LogP contribution in [0.2, 0.25) is 0 Å². The lowest BCUT2D eigenvalue weighted by molar-refractivity contribution is -0.119. The van der Waals surface area contributed by atoms with Crippen molar-refractivity contribution in [3.05, 3.63) is 17.8 Å². The van der Waals surface area contributed by atoms with Crippen molar-refractivity contribution in [1.82, 2.24) is 4.98 Å². The van der Waals surface area contributed by atoms with Gasteiger partial charge in [0.05, 0.1) is 17.4 Å².